The number of hydrogen-bond donors (Lipinski definition) is 0. The topological polar surface area (TPSA) is 67.5 Å². The number of anilines is 1. The number of nitrogens with zero attached hydrogens (tertiary/aromatic N) is 3. The molecule has 0 N–H and O–H groups in total. The van der Waals surface area contributed by atoms with Gasteiger partial charge in [0.15, 0.2) is 11.5 Å². The highest BCUT2D eigenvalue weighted by molar-refractivity contribution is 6.12. The van der Waals surface area contributed by atoms with Crippen LogP contribution < -0.4 is 14.4 Å². The highest BCUT2D eigenvalue weighted by atomic mass is 16.7. The Labute approximate surface area is 180 Å². The van der Waals surface area contributed by atoms with E-state index in [2.05, 4.69) is 13.0 Å². The van der Waals surface area contributed by atoms with E-state index in [1.165, 1.54) is 0 Å². The van der Waals surface area contributed by atoms with E-state index in [1.807, 2.05) is 65.4 Å². The summed E-state index contributed by atoms with van der Waals surface area (Å²) >= 11 is 0. The molecule has 3 aromatic rings. The molecule has 0 radical (unpaired) electrons. The van der Waals surface area contributed by atoms with E-state index in [9.17, 15) is 10.1 Å². The van der Waals surface area contributed by atoms with Crippen molar-refractivity contribution < 1.29 is 14.3 Å². The second-order valence-corrected chi connectivity index (χ2v) is 7.63. The fraction of sp³-hybridized carbons (Fsp3) is 0.200. The molecular weight excluding hydrogens is 390 g/mol. The van der Waals surface area contributed by atoms with Gasteiger partial charge in [0.2, 0.25) is 6.79 Å². The zero-order chi connectivity index (χ0) is 21.4. The lowest BCUT2D eigenvalue weighted by molar-refractivity contribution is -0.114. The Kier molecular flexibility index (Phi) is 4.72. The van der Waals surface area contributed by atoms with Gasteiger partial charge < -0.3 is 18.9 Å². The van der Waals surface area contributed by atoms with Crippen LogP contribution in [0.25, 0.3) is 6.08 Å². The average molecular weight is 411 g/mol. The molecule has 1 atom stereocenters. The first-order valence-corrected chi connectivity index (χ1v) is 10.2. The normalized spacial score (nSPS) is 15.5. The minimum Gasteiger partial charge on any atom is -0.454 e. The minimum absolute atomic E-state index is 0.0155. The zero-order valence-corrected chi connectivity index (χ0v) is 17.1. The van der Waals surface area contributed by atoms with E-state index in [4.69, 9.17) is 9.47 Å². The molecule has 6 nitrogen and oxygen atoms in total. The predicted octanol–water partition coefficient (Wildman–Crippen LogP) is 4.32. The molecule has 0 saturated heterocycles. The van der Waals surface area contributed by atoms with Gasteiger partial charge in [0.05, 0.1) is 6.04 Å². The molecule has 0 saturated carbocycles. The molecule has 3 heterocycles. The third-order valence-corrected chi connectivity index (χ3v) is 5.88. The lowest BCUT2D eigenvalue weighted by Crippen LogP contribution is -2.29. The van der Waals surface area contributed by atoms with Crippen LogP contribution in [0.3, 0.4) is 0 Å². The van der Waals surface area contributed by atoms with Gasteiger partial charge >= 0.3 is 0 Å². The van der Waals surface area contributed by atoms with Crippen LogP contribution in [-0.4, -0.2) is 23.8 Å². The van der Waals surface area contributed by atoms with Crippen LogP contribution in [0.4, 0.5) is 5.69 Å². The number of carbonyl (C=O) groups excluding carboxylic acids is 1. The lowest BCUT2D eigenvalue weighted by Gasteiger charge is -2.19. The molecule has 0 bridgehead atoms. The molecule has 31 heavy (non-hydrogen) atoms. The van der Waals surface area contributed by atoms with E-state index < -0.39 is 0 Å². The number of rotatable bonds is 4. The van der Waals surface area contributed by atoms with E-state index >= 15 is 0 Å². The second kappa shape index (κ2) is 7.69. The summed E-state index contributed by atoms with van der Waals surface area (Å²) in [4.78, 5) is 14.8. The number of hydrogen-bond acceptors (Lipinski definition) is 4. The first-order valence-electron chi connectivity index (χ1n) is 10.2. The quantitative estimate of drug-likeness (QED) is 0.474. The molecule has 1 aromatic heterocycles. The van der Waals surface area contributed by atoms with Crippen molar-refractivity contribution in [2.45, 2.75) is 19.4 Å². The van der Waals surface area contributed by atoms with Gasteiger partial charge in [-0.15, -0.1) is 0 Å². The molecule has 1 amide bonds. The summed E-state index contributed by atoms with van der Waals surface area (Å²) in [6, 6.07) is 19.6. The van der Waals surface area contributed by atoms with Gasteiger partial charge in [0.1, 0.15) is 11.6 Å². The van der Waals surface area contributed by atoms with Crippen molar-refractivity contribution in [1.29, 1.82) is 5.26 Å². The molecule has 6 heteroatoms. The average Bonchev–Trinajstić information content (AvgIpc) is 3.55. The molecule has 0 spiro atoms. The van der Waals surface area contributed by atoms with E-state index in [1.54, 1.807) is 11.0 Å². The van der Waals surface area contributed by atoms with Crippen LogP contribution >= 0.6 is 0 Å². The smallest absolute Gasteiger partial charge is 0.269 e. The standard InChI is InChI=1S/C25H21N3O3/c1-17(19-8-9-23-24(14-19)31-16-30-23)27-11-4-6-21(27)13-20(15-26)25(29)28-12-10-18-5-2-3-7-22(18)28/h2-9,11,13-14,17H,10,12,16H2,1H3/b20-13-/t17-/m1/s1. The van der Waals surface area contributed by atoms with Gasteiger partial charge in [-0.25, -0.2) is 0 Å². The van der Waals surface area contributed by atoms with Crippen LogP contribution in [0.2, 0.25) is 0 Å². The van der Waals surface area contributed by atoms with E-state index in [-0.39, 0.29) is 24.3 Å². The van der Waals surface area contributed by atoms with Gasteiger partial charge in [0.25, 0.3) is 5.91 Å². The Morgan fingerprint density at radius 1 is 1.13 bits per heavy atom. The van der Waals surface area contributed by atoms with Crippen LogP contribution in [0.1, 0.15) is 29.8 Å². The second-order valence-electron chi connectivity index (χ2n) is 7.63. The Morgan fingerprint density at radius 3 is 2.84 bits per heavy atom. The first kappa shape index (κ1) is 19.0. The summed E-state index contributed by atoms with van der Waals surface area (Å²) < 4.78 is 12.9. The largest absolute Gasteiger partial charge is 0.454 e. The maximum atomic E-state index is 13.1. The number of fused-ring (bicyclic) bond motifs is 2. The third-order valence-electron chi connectivity index (χ3n) is 5.88. The zero-order valence-electron chi connectivity index (χ0n) is 17.1. The Balaban J connectivity index is 1.44. The summed E-state index contributed by atoms with van der Waals surface area (Å²) in [7, 11) is 0. The number of amides is 1. The maximum absolute atomic E-state index is 13.1. The van der Waals surface area contributed by atoms with Crippen LogP contribution in [0.15, 0.2) is 66.4 Å². The van der Waals surface area contributed by atoms with Gasteiger partial charge in [-0.3, -0.25) is 4.79 Å². The molecule has 0 unspecified atom stereocenters. The Hall–Kier alpha value is -3.98. The van der Waals surface area contributed by atoms with Gasteiger partial charge in [-0.05, 0) is 60.9 Å². The number of carbonyl (C=O) groups is 1. The number of aromatic nitrogens is 1. The van der Waals surface area contributed by atoms with Crippen molar-refractivity contribution in [2.75, 3.05) is 18.2 Å². The first-order chi connectivity index (χ1) is 15.2. The number of benzene rings is 2. The lowest BCUT2D eigenvalue weighted by atomic mass is 10.1. The molecule has 154 valence electrons. The fourth-order valence-corrected chi connectivity index (χ4v) is 4.20. The summed E-state index contributed by atoms with van der Waals surface area (Å²) in [5.74, 6) is 1.21. The van der Waals surface area contributed by atoms with Gasteiger partial charge in [0, 0.05) is 24.1 Å². The summed E-state index contributed by atoms with van der Waals surface area (Å²) in [6.07, 6.45) is 4.43. The molecular formula is C25H21N3O3. The monoisotopic (exact) mass is 411 g/mol. The van der Waals surface area contributed by atoms with Crippen molar-refractivity contribution >= 4 is 17.7 Å². The predicted molar refractivity (Wildman–Crippen MR) is 117 cm³/mol. The molecule has 2 aromatic carbocycles. The highest BCUT2D eigenvalue weighted by Crippen LogP contribution is 2.35. The van der Waals surface area contributed by atoms with Gasteiger partial charge in [-0.1, -0.05) is 24.3 Å². The van der Waals surface area contributed by atoms with Crippen molar-refractivity contribution in [3.8, 4) is 17.6 Å². The van der Waals surface area contributed by atoms with Crippen molar-refractivity contribution in [2.24, 2.45) is 0 Å². The van der Waals surface area contributed by atoms with E-state index in [0.29, 0.717) is 6.54 Å². The van der Waals surface area contributed by atoms with Crippen LogP contribution in [-0.2, 0) is 11.2 Å². The molecule has 0 fully saturated rings. The number of ether oxygens (including phenoxy) is 2. The number of nitriles is 1. The Morgan fingerprint density at radius 2 is 1.97 bits per heavy atom. The minimum atomic E-state index is -0.268. The maximum Gasteiger partial charge on any atom is 0.269 e. The molecule has 0 aliphatic carbocycles. The van der Waals surface area contributed by atoms with E-state index in [0.717, 1.165) is 40.4 Å². The van der Waals surface area contributed by atoms with Crippen molar-refractivity contribution in [1.82, 2.24) is 4.57 Å². The highest BCUT2D eigenvalue weighted by Gasteiger charge is 2.27. The van der Waals surface area contributed by atoms with Crippen molar-refractivity contribution in [3.05, 3.63) is 83.2 Å². The molecule has 2 aliphatic heterocycles. The molecule has 5 rings (SSSR count). The summed E-state index contributed by atoms with van der Waals surface area (Å²) in [6.45, 7) is 2.89. The fourth-order valence-electron chi connectivity index (χ4n) is 4.20. The SMILES string of the molecule is C[C@H](c1ccc2c(c1)OCO2)n1cccc1/C=C(/C#N)C(=O)N1CCc2ccccc21. The van der Waals surface area contributed by atoms with Crippen LogP contribution in [0, 0.1) is 11.3 Å². The summed E-state index contributed by atoms with van der Waals surface area (Å²) in [5, 5.41) is 9.75. The molecule has 2 aliphatic rings. The van der Waals surface area contributed by atoms with Crippen molar-refractivity contribution in [3.63, 3.8) is 0 Å². The Bertz CT molecular complexity index is 1230. The summed E-state index contributed by atoms with van der Waals surface area (Å²) in [5.41, 5.74) is 3.98. The van der Waals surface area contributed by atoms with Gasteiger partial charge in [-0.2, -0.15) is 5.26 Å². The third kappa shape index (κ3) is 3.34. The van der Waals surface area contributed by atoms with Crippen LogP contribution in [0.5, 0.6) is 11.5 Å². The number of para-hydroxylation sites is 1.